The monoisotopic (exact) mass is 318 g/mol. The lowest BCUT2D eigenvalue weighted by molar-refractivity contribution is -0.385. The summed E-state index contributed by atoms with van der Waals surface area (Å²) in [7, 11) is 0. The van der Waals surface area contributed by atoms with E-state index in [-0.39, 0.29) is 23.7 Å². The van der Waals surface area contributed by atoms with Crippen LogP contribution in [0.3, 0.4) is 0 Å². The van der Waals surface area contributed by atoms with E-state index in [0.29, 0.717) is 24.1 Å². The summed E-state index contributed by atoms with van der Waals surface area (Å²) < 4.78 is 7.10. The fourth-order valence-electron chi connectivity index (χ4n) is 2.69. The Labute approximate surface area is 132 Å². The summed E-state index contributed by atoms with van der Waals surface area (Å²) in [4.78, 5) is 23.7. The van der Waals surface area contributed by atoms with Crippen molar-refractivity contribution < 1.29 is 9.66 Å². The number of nitro groups is 1. The fraction of sp³-hybridized carbons (Fsp3) is 0.500. The van der Waals surface area contributed by atoms with E-state index in [1.54, 1.807) is 30.8 Å². The number of hydrogen-bond acceptors (Lipinski definition) is 7. The van der Waals surface area contributed by atoms with Crippen molar-refractivity contribution in [3.8, 4) is 5.82 Å². The van der Waals surface area contributed by atoms with Gasteiger partial charge in [-0.25, -0.2) is 9.97 Å². The Morgan fingerprint density at radius 3 is 2.78 bits per heavy atom. The van der Waals surface area contributed by atoms with Gasteiger partial charge in [-0.05, 0) is 27.2 Å². The minimum Gasteiger partial charge on any atom is -0.376 e. The lowest BCUT2D eigenvalue weighted by atomic mass is 10.2. The summed E-state index contributed by atoms with van der Waals surface area (Å²) in [6.45, 7) is 6.03. The van der Waals surface area contributed by atoms with Crippen LogP contribution in [0.2, 0.25) is 0 Å². The highest BCUT2D eigenvalue weighted by atomic mass is 16.6. The van der Waals surface area contributed by atoms with E-state index < -0.39 is 4.92 Å². The third kappa shape index (κ3) is 2.87. The Balaban J connectivity index is 2.05. The van der Waals surface area contributed by atoms with Gasteiger partial charge in [-0.3, -0.25) is 14.7 Å². The molecule has 122 valence electrons. The first kappa shape index (κ1) is 15.3. The van der Waals surface area contributed by atoms with Crippen LogP contribution in [0.5, 0.6) is 0 Å². The van der Waals surface area contributed by atoms with Crippen molar-refractivity contribution in [1.82, 2.24) is 19.5 Å². The van der Waals surface area contributed by atoms with Crippen LogP contribution in [0, 0.1) is 24.0 Å². The lowest BCUT2D eigenvalue weighted by Gasteiger charge is -2.17. The van der Waals surface area contributed by atoms with Crippen molar-refractivity contribution in [3.63, 3.8) is 0 Å². The van der Waals surface area contributed by atoms with Crippen LogP contribution >= 0.6 is 0 Å². The van der Waals surface area contributed by atoms with E-state index in [9.17, 15) is 10.1 Å². The van der Waals surface area contributed by atoms with Crippen molar-refractivity contribution in [1.29, 1.82) is 0 Å². The zero-order valence-electron chi connectivity index (χ0n) is 13.2. The number of ether oxygens (including phenoxy) is 1. The second kappa shape index (κ2) is 5.92. The third-order valence-corrected chi connectivity index (χ3v) is 3.97. The molecule has 3 heterocycles. The molecule has 0 aromatic carbocycles. The highest BCUT2D eigenvalue weighted by molar-refractivity contribution is 5.54. The Morgan fingerprint density at radius 1 is 1.43 bits per heavy atom. The van der Waals surface area contributed by atoms with Crippen LogP contribution in [-0.2, 0) is 4.74 Å². The highest BCUT2D eigenvalue weighted by Gasteiger charge is 2.28. The van der Waals surface area contributed by atoms with Gasteiger partial charge in [0.15, 0.2) is 0 Å². The van der Waals surface area contributed by atoms with Crippen LogP contribution in [0.15, 0.2) is 12.4 Å². The number of aryl methyl sites for hydroxylation is 2. The average molecular weight is 318 g/mol. The van der Waals surface area contributed by atoms with E-state index in [1.165, 1.54) is 0 Å². The van der Waals surface area contributed by atoms with Gasteiger partial charge in [0.25, 0.3) is 0 Å². The summed E-state index contributed by atoms with van der Waals surface area (Å²) in [5, 5.41) is 14.6. The Kier molecular flexibility index (Phi) is 3.95. The molecule has 2 aromatic rings. The molecule has 3 rings (SSSR count). The molecule has 0 radical (unpaired) electrons. The molecule has 1 aliphatic heterocycles. The molecule has 1 saturated heterocycles. The number of hydrogen-bond donors (Lipinski definition) is 1. The Morgan fingerprint density at radius 2 is 2.22 bits per heavy atom. The predicted octanol–water partition coefficient (Wildman–Crippen LogP) is 1.78. The largest absolute Gasteiger partial charge is 0.376 e. The molecule has 1 fully saturated rings. The number of imidazole rings is 1. The molecule has 0 saturated carbocycles. The molecule has 2 atom stereocenters. The highest BCUT2D eigenvalue weighted by Crippen LogP contribution is 2.27. The number of anilines is 1. The number of nitrogens with zero attached hydrogens (tertiary/aromatic N) is 5. The molecule has 0 bridgehead atoms. The van der Waals surface area contributed by atoms with E-state index in [1.807, 2.05) is 6.92 Å². The molecule has 9 nitrogen and oxygen atoms in total. The number of rotatable bonds is 4. The smallest absolute Gasteiger partial charge is 0.333 e. The molecule has 0 amide bonds. The van der Waals surface area contributed by atoms with E-state index >= 15 is 0 Å². The van der Waals surface area contributed by atoms with E-state index in [2.05, 4.69) is 20.3 Å². The minimum absolute atomic E-state index is 0.0486. The van der Waals surface area contributed by atoms with Gasteiger partial charge in [-0.2, -0.15) is 4.98 Å². The SMILES string of the molecule is Cc1nc(N[C@@H]2CCO[C@H]2C)nc(-n2ccnc2C)c1[N+](=O)[O-]. The van der Waals surface area contributed by atoms with Gasteiger partial charge in [-0.1, -0.05) is 0 Å². The van der Waals surface area contributed by atoms with Crippen LogP contribution in [-0.4, -0.2) is 43.2 Å². The van der Waals surface area contributed by atoms with Crippen LogP contribution < -0.4 is 5.32 Å². The van der Waals surface area contributed by atoms with Gasteiger partial charge >= 0.3 is 5.69 Å². The van der Waals surface area contributed by atoms with Gasteiger partial charge < -0.3 is 10.1 Å². The fourth-order valence-corrected chi connectivity index (χ4v) is 2.69. The molecular formula is C14H18N6O3. The van der Waals surface area contributed by atoms with Crippen LogP contribution in [0.25, 0.3) is 5.82 Å². The zero-order valence-corrected chi connectivity index (χ0v) is 13.2. The Hall–Kier alpha value is -2.55. The maximum atomic E-state index is 11.4. The average Bonchev–Trinajstić information content (AvgIpc) is 3.07. The zero-order chi connectivity index (χ0) is 16.6. The topological polar surface area (TPSA) is 108 Å². The quantitative estimate of drug-likeness (QED) is 0.676. The molecule has 0 unspecified atom stereocenters. The van der Waals surface area contributed by atoms with Crippen LogP contribution in [0.4, 0.5) is 11.6 Å². The summed E-state index contributed by atoms with van der Waals surface area (Å²) in [6.07, 6.45) is 4.12. The molecule has 2 aromatic heterocycles. The van der Waals surface area contributed by atoms with Gasteiger partial charge in [0.2, 0.25) is 11.8 Å². The van der Waals surface area contributed by atoms with Gasteiger partial charge in [0, 0.05) is 19.0 Å². The van der Waals surface area contributed by atoms with Crippen molar-refractivity contribution >= 4 is 11.6 Å². The maximum Gasteiger partial charge on any atom is 0.333 e. The van der Waals surface area contributed by atoms with E-state index in [0.717, 1.165) is 6.42 Å². The molecule has 0 spiro atoms. The molecule has 9 heteroatoms. The minimum atomic E-state index is -0.463. The van der Waals surface area contributed by atoms with E-state index in [4.69, 9.17) is 4.74 Å². The molecular weight excluding hydrogens is 300 g/mol. The summed E-state index contributed by atoms with van der Waals surface area (Å²) in [5.41, 5.74) is 0.189. The first-order valence-corrected chi connectivity index (χ1v) is 7.39. The lowest BCUT2D eigenvalue weighted by Crippen LogP contribution is -2.28. The second-order valence-corrected chi connectivity index (χ2v) is 5.52. The van der Waals surface area contributed by atoms with Gasteiger partial charge in [-0.15, -0.1) is 0 Å². The van der Waals surface area contributed by atoms with Crippen molar-refractivity contribution in [3.05, 3.63) is 34.0 Å². The number of aromatic nitrogens is 4. The molecule has 0 aliphatic carbocycles. The van der Waals surface area contributed by atoms with Crippen molar-refractivity contribution in [2.45, 2.75) is 39.3 Å². The first-order chi connectivity index (χ1) is 11.0. The summed E-state index contributed by atoms with van der Waals surface area (Å²) in [6, 6.07) is 0.0904. The maximum absolute atomic E-state index is 11.4. The standard InChI is InChI=1S/C14H18N6O3/c1-8-12(20(21)22)13(19-6-5-15-10(19)3)18-14(16-8)17-11-4-7-23-9(11)2/h5-6,9,11H,4,7H2,1-3H3,(H,16,17,18)/t9-,11+/m0/s1. The molecule has 23 heavy (non-hydrogen) atoms. The predicted molar refractivity (Wildman–Crippen MR) is 82.7 cm³/mol. The Bertz CT molecular complexity index is 744. The third-order valence-electron chi connectivity index (χ3n) is 3.97. The first-order valence-electron chi connectivity index (χ1n) is 7.39. The van der Waals surface area contributed by atoms with Gasteiger partial charge in [0.05, 0.1) is 17.1 Å². The van der Waals surface area contributed by atoms with Gasteiger partial charge in [0.1, 0.15) is 11.5 Å². The van der Waals surface area contributed by atoms with Crippen molar-refractivity contribution in [2.24, 2.45) is 0 Å². The second-order valence-electron chi connectivity index (χ2n) is 5.52. The summed E-state index contributed by atoms with van der Waals surface area (Å²) in [5.74, 6) is 1.19. The molecule has 1 N–H and O–H groups in total. The summed E-state index contributed by atoms with van der Waals surface area (Å²) >= 11 is 0. The van der Waals surface area contributed by atoms with Crippen LogP contribution in [0.1, 0.15) is 24.9 Å². The normalized spacial score (nSPS) is 20.7. The molecule has 1 aliphatic rings. The van der Waals surface area contributed by atoms with Crippen molar-refractivity contribution in [2.75, 3.05) is 11.9 Å². The number of nitrogens with one attached hydrogen (secondary N) is 1.